The van der Waals surface area contributed by atoms with Gasteiger partial charge in [-0.05, 0) is 18.2 Å². The molecule has 0 spiro atoms. The number of ether oxygens (including phenoxy) is 2. The molecule has 0 aliphatic rings. The van der Waals surface area contributed by atoms with Gasteiger partial charge in [-0.25, -0.2) is 0 Å². The highest BCUT2D eigenvalue weighted by Gasteiger charge is 2.07. The van der Waals surface area contributed by atoms with Crippen molar-refractivity contribution in [2.75, 3.05) is 13.2 Å². The summed E-state index contributed by atoms with van der Waals surface area (Å²) in [5.74, 6) is 1.74. The molecule has 114 valence electrons. The van der Waals surface area contributed by atoms with Gasteiger partial charge in [0.1, 0.15) is 24.7 Å². The molecular formula is C17H23NO3. The van der Waals surface area contributed by atoms with Crippen LogP contribution in [0.2, 0.25) is 0 Å². The molecule has 4 heteroatoms. The Hall–Kier alpha value is -1.78. The van der Waals surface area contributed by atoms with Crippen molar-refractivity contribution < 1.29 is 13.9 Å². The third-order valence-corrected chi connectivity index (χ3v) is 3.01. The quantitative estimate of drug-likeness (QED) is 0.719. The molecule has 4 nitrogen and oxygen atoms in total. The zero-order valence-electron chi connectivity index (χ0n) is 12.7. The van der Waals surface area contributed by atoms with Crippen LogP contribution in [0.15, 0.2) is 47.1 Å². The van der Waals surface area contributed by atoms with Crippen LogP contribution in [0.4, 0.5) is 0 Å². The van der Waals surface area contributed by atoms with Crippen molar-refractivity contribution in [2.45, 2.75) is 33.0 Å². The Morgan fingerprint density at radius 1 is 1.10 bits per heavy atom. The molecule has 1 aromatic heterocycles. The number of hydrogen-bond acceptors (Lipinski definition) is 4. The average Bonchev–Trinajstić information content (AvgIpc) is 2.93. The largest absolute Gasteiger partial charge is 0.491 e. The van der Waals surface area contributed by atoms with Gasteiger partial charge in [-0.3, -0.25) is 0 Å². The van der Waals surface area contributed by atoms with Crippen LogP contribution in [0.3, 0.4) is 0 Å². The smallest absolute Gasteiger partial charge is 0.133 e. The van der Waals surface area contributed by atoms with Gasteiger partial charge < -0.3 is 19.2 Å². The minimum Gasteiger partial charge on any atom is -0.491 e. The van der Waals surface area contributed by atoms with Gasteiger partial charge in [0, 0.05) is 18.2 Å². The first-order valence-electron chi connectivity index (χ1n) is 7.30. The molecule has 1 aromatic carbocycles. The Bertz CT molecular complexity index is 508. The molecule has 21 heavy (non-hydrogen) atoms. The van der Waals surface area contributed by atoms with Gasteiger partial charge in [0.2, 0.25) is 0 Å². The van der Waals surface area contributed by atoms with Crippen molar-refractivity contribution in [1.29, 1.82) is 0 Å². The lowest BCUT2D eigenvalue weighted by Crippen LogP contribution is -2.22. The first-order valence-corrected chi connectivity index (χ1v) is 7.30. The number of nitrogens with one attached hydrogen (secondary N) is 1. The lowest BCUT2D eigenvalue weighted by atomic mass is 10.2. The first-order chi connectivity index (χ1) is 10.3. The molecule has 0 aliphatic carbocycles. The molecule has 2 rings (SSSR count). The average molecular weight is 289 g/mol. The van der Waals surface area contributed by atoms with E-state index in [-0.39, 0.29) is 0 Å². The summed E-state index contributed by atoms with van der Waals surface area (Å²) in [6.45, 7) is 6.58. The SMILES string of the molecule is CC(C)NCc1ccoc1COCCOc1ccccc1. The Labute approximate surface area is 126 Å². The van der Waals surface area contributed by atoms with Gasteiger partial charge in [-0.1, -0.05) is 32.0 Å². The first kappa shape index (κ1) is 15.6. The highest BCUT2D eigenvalue weighted by Crippen LogP contribution is 2.12. The molecule has 0 bridgehead atoms. The summed E-state index contributed by atoms with van der Waals surface area (Å²) in [5, 5.41) is 3.37. The van der Waals surface area contributed by atoms with Crippen molar-refractivity contribution >= 4 is 0 Å². The number of hydrogen-bond donors (Lipinski definition) is 1. The van der Waals surface area contributed by atoms with E-state index in [1.165, 1.54) is 0 Å². The third kappa shape index (κ3) is 5.61. The van der Waals surface area contributed by atoms with E-state index in [0.29, 0.717) is 25.9 Å². The predicted octanol–water partition coefficient (Wildman–Crippen LogP) is 3.37. The van der Waals surface area contributed by atoms with Crippen LogP contribution >= 0.6 is 0 Å². The summed E-state index contributed by atoms with van der Waals surface area (Å²) < 4.78 is 16.6. The van der Waals surface area contributed by atoms with Gasteiger partial charge in [0.25, 0.3) is 0 Å². The van der Waals surface area contributed by atoms with E-state index in [9.17, 15) is 0 Å². The number of rotatable bonds is 9. The lowest BCUT2D eigenvalue weighted by molar-refractivity contribution is 0.0775. The molecule has 0 amide bonds. The van der Waals surface area contributed by atoms with Gasteiger partial charge >= 0.3 is 0 Å². The maximum atomic E-state index is 5.60. The topological polar surface area (TPSA) is 43.6 Å². The number of furan rings is 1. The Kier molecular flexibility index (Phi) is 6.31. The second-order valence-electron chi connectivity index (χ2n) is 5.12. The van der Waals surface area contributed by atoms with Crippen molar-refractivity contribution in [3.8, 4) is 5.75 Å². The second kappa shape index (κ2) is 8.49. The molecule has 0 fully saturated rings. The van der Waals surface area contributed by atoms with Crippen LogP contribution in [0.1, 0.15) is 25.2 Å². The molecule has 0 saturated carbocycles. The summed E-state index contributed by atoms with van der Waals surface area (Å²) in [7, 11) is 0. The third-order valence-electron chi connectivity index (χ3n) is 3.01. The Morgan fingerprint density at radius 2 is 1.90 bits per heavy atom. The van der Waals surface area contributed by atoms with E-state index in [1.54, 1.807) is 6.26 Å². The minimum absolute atomic E-state index is 0.452. The summed E-state index contributed by atoms with van der Waals surface area (Å²) in [5.41, 5.74) is 1.15. The molecular weight excluding hydrogens is 266 g/mol. The Morgan fingerprint density at radius 3 is 2.67 bits per heavy atom. The highest BCUT2D eigenvalue weighted by atomic mass is 16.5. The molecule has 0 radical (unpaired) electrons. The van der Waals surface area contributed by atoms with E-state index in [4.69, 9.17) is 13.9 Å². The standard InChI is InChI=1S/C17H23NO3/c1-14(2)18-12-15-8-9-21-17(15)13-19-10-11-20-16-6-4-3-5-7-16/h3-9,14,18H,10-13H2,1-2H3. The predicted molar refractivity (Wildman–Crippen MR) is 82.3 cm³/mol. The fourth-order valence-electron chi connectivity index (χ4n) is 1.87. The lowest BCUT2D eigenvalue weighted by Gasteiger charge is -2.09. The summed E-state index contributed by atoms with van der Waals surface area (Å²) in [6, 6.07) is 12.2. The summed E-state index contributed by atoms with van der Waals surface area (Å²) in [6.07, 6.45) is 1.70. The molecule has 2 aromatic rings. The maximum absolute atomic E-state index is 5.60. The van der Waals surface area contributed by atoms with Gasteiger partial charge in [-0.2, -0.15) is 0 Å². The zero-order valence-corrected chi connectivity index (χ0v) is 12.7. The van der Waals surface area contributed by atoms with E-state index >= 15 is 0 Å². The van der Waals surface area contributed by atoms with Crippen LogP contribution in [0.5, 0.6) is 5.75 Å². The Balaban J connectivity index is 1.66. The van der Waals surface area contributed by atoms with Crippen LogP contribution in [0, 0.1) is 0 Å². The van der Waals surface area contributed by atoms with Crippen LogP contribution in [-0.4, -0.2) is 19.3 Å². The van der Waals surface area contributed by atoms with Gasteiger partial charge in [-0.15, -0.1) is 0 Å². The van der Waals surface area contributed by atoms with Gasteiger partial charge in [0.15, 0.2) is 0 Å². The van der Waals surface area contributed by atoms with Crippen LogP contribution in [0.25, 0.3) is 0 Å². The summed E-state index contributed by atoms with van der Waals surface area (Å²) in [4.78, 5) is 0. The van der Waals surface area contributed by atoms with Crippen molar-refractivity contribution in [3.63, 3.8) is 0 Å². The zero-order chi connectivity index (χ0) is 14.9. The molecule has 0 atom stereocenters. The van der Waals surface area contributed by atoms with Crippen molar-refractivity contribution in [1.82, 2.24) is 5.32 Å². The molecule has 0 unspecified atom stereocenters. The highest BCUT2D eigenvalue weighted by molar-refractivity contribution is 5.20. The fourth-order valence-corrected chi connectivity index (χ4v) is 1.87. The minimum atomic E-state index is 0.452. The van der Waals surface area contributed by atoms with Crippen molar-refractivity contribution in [2.24, 2.45) is 0 Å². The van der Waals surface area contributed by atoms with Crippen LogP contribution < -0.4 is 10.1 Å². The van der Waals surface area contributed by atoms with E-state index < -0.39 is 0 Å². The van der Waals surface area contributed by atoms with Crippen molar-refractivity contribution in [3.05, 3.63) is 54.0 Å². The molecule has 1 N–H and O–H groups in total. The number of para-hydroxylation sites is 1. The molecule has 0 aliphatic heterocycles. The van der Waals surface area contributed by atoms with Gasteiger partial charge in [0.05, 0.1) is 12.9 Å². The van der Waals surface area contributed by atoms with E-state index in [0.717, 1.165) is 23.6 Å². The van der Waals surface area contributed by atoms with E-state index in [2.05, 4.69) is 19.2 Å². The monoisotopic (exact) mass is 289 g/mol. The maximum Gasteiger partial charge on any atom is 0.133 e. The molecule has 0 saturated heterocycles. The fraction of sp³-hybridized carbons (Fsp3) is 0.412. The summed E-state index contributed by atoms with van der Waals surface area (Å²) >= 11 is 0. The van der Waals surface area contributed by atoms with E-state index in [1.807, 2.05) is 36.4 Å². The second-order valence-corrected chi connectivity index (χ2v) is 5.12. The normalized spacial score (nSPS) is 11.0. The number of benzene rings is 1. The molecule has 1 heterocycles. The van der Waals surface area contributed by atoms with Crippen LogP contribution in [-0.2, 0) is 17.9 Å².